The fraction of sp³-hybridized carbons (Fsp3) is 0.583. The predicted octanol–water partition coefficient (Wildman–Crippen LogP) is 1.06. The van der Waals surface area contributed by atoms with Crippen molar-refractivity contribution in [3.8, 4) is 0 Å². The molecule has 4 heteroatoms. The largest absolute Gasteiger partial charge is 0.393 e. The lowest BCUT2D eigenvalue weighted by atomic mass is 10.1. The topological polar surface area (TPSA) is 62.4 Å². The molecule has 2 heterocycles. The van der Waals surface area contributed by atoms with Crippen LogP contribution in [0, 0.1) is 0 Å². The summed E-state index contributed by atoms with van der Waals surface area (Å²) in [6.07, 6.45) is 3.36. The Morgan fingerprint density at radius 1 is 1.44 bits per heavy atom. The third-order valence-corrected chi connectivity index (χ3v) is 3.09. The van der Waals surface area contributed by atoms with Gasteiger partial charge in [-0.05, 0) is 31.4 Å². The van der Waals surface area contributed by atoms with Crippen LogP contribution in [0.5, 0.6) is 0 Å². The number of pyridine rings is 1. The van der Waals surface area contributed by atoms with Crippen molar-refractivity contribution in [3.63, 3.8) is 0 Å². The highest BCUT2D eigenvalue weighted by Gasteiger charge is 2.17. The van der Waals surface area contributed by atoms with Gasteiger partial charge in [0, 0.05) is 25.3 Å². The normalized spacial score (nSPS) is 19.8. The number of anilines is 1. The molecular weight excluding hydrogens is 202 g/mol. The number of piperidine rings is 1. The van der Waals surface area contributed by atoms with Gasteiger partial charge in [0.15, 0.2) is 0 Å². The first-order chi connectivity index (χ1) is 7.66. The van der Waals surface area contributed by atoms with Crippen LogP contribution >= 0.6 is 0 Å². The summed E-state index contributed by atoms with van der Waals surface area (Å²) in [6, 6.07) is 4.07. The van der Waals surface area contributed by atoms with Gasteiger partial charge in [0.05, 0.1) is 6.10 Å². The minimum absolute atomic E-state index is 0.0322. The van der Waals surface area contributed by atoms with Crippen LogP contribution in [0.3, 0.4) is 0 Å². The second-order valence-corrected chi connectivity index (χ2v) is 4.46. The average molecular weight is 221 g/mol. The molecule has 1 atom stereocenters. The number of aromatic nitrogens is 1. The van der Waals surface area contributed by atoms with Crippen molar-refractivity contribution >= 4 is 5.82 Å². The Morgan fingerprint density at radius 2 is 2.12 bits per heavy atom. The SMILES string of the molecule is C[C@@H](N)c1ccc(N2CCC(O)CC2)nc1. The van der Waals surface area contributed by atoms with Gasteiger partial charge >= 0.3 is 0 Å². The molecule has 1 fully saturated rings. The van der Waals surface area contributed by atoms with Crippen molar-refractivity contribution in [2.45, 2.75) is 31.9 Å². The van der Waals surface area contributed by atoms with Gasteiger partial charge in [-0.3, -0.25) is 0 Å². The van der Waals surface area contributed by atoms with Crippen molar-refractivity contribution < 1.29 is 5.11 Å². The second-order valence-electron chi connectivity index (χ2n) is 4.46. The molecule has 3 N–H and O–H groups in total. The molecule has 4 nitrogen and oxygen atoms in total. The van der Waals surface area contributed by atoms with Crippen molar-refractivity contribution in [3.05, 3.63) is 23.9 Å². The van der Waals surface area contributed by atoms with Crippen LogP contribution in [0.25, 0.3) is 0 Å². The molecule has 1 aromatic rings. The predicted molar refractivity (Wildman–Crippen MR) is 64.3 cm³/mol. The van der Waals surface area contributed by atoms with Gasteiger partial charge < -0.3 is 15.7 Å². The van der Waals surface area contributed by atoms with Crippen LogP contribution in [0.1, 0.15) is 31.4 Å². The first-order valence-electron chi connectivity index (χ1n) is 5.81. The Bertz CT molecular complexity index is 329. The standard InChI is InChI=1S/C12H19N3O/c1-9(13)10-2-3-12(14-8-10)15-6-4-11(16)5-7-15/h2-3,8-9,11,16H,4-7,13H2,1H3/t9-/m1/s1. The lowest BCUT2D eigenvalue weighted by molar-refractivity contribution is 0.145. The van der Waals surface area contributed by atoms with Gasteiger partial charge in [-0.15, -0.1) is 0 Å². The average Bonchev–Trinajstić information content (AvgIpc) is 2.30. The molecule has 1 aliphatic heterocycles. The molecule has 16 heavy (non-hydrogen) atoms. The summed E-state index contributed by atoms with van der Waals surface area (Å²) in [4.78, 5) is 6.62. The minimum atomic E-state index is -0.139. The molecule has 0 saturated carbocycles. The third-order valence-electron chi connectivity index (χ3n) is 3.09. The van der Waals surface area contributed by atoms with Crippen LogP contribution in [0.4, 0.5) is 5.82 Å². The van der Waals surface area contributed by atoms with Gasteiger partial charge in [0.25, 0.3) is 0 Å². The minimum Gasteiger partial charge on any atom is -0.393 e. The van der Waals surface area contributed by atoms with E-state index in [1.54, 1.807) is 0 Å². The lowest BCUT2D eigenvalue weighted by Crippen LogP contribution is -2.36. The third kappa shape index (κ3) is 2.51. The van der Waals surface area contributed by atoms with Crippen molar-refractivity contribution in [2.24, 2.45) is 5.73 Å². The van der Waals surface area contributed by atoms with E-state index in [1.807, 2.05) is 25.3 Å². The molecule has 0 amide bonds. The summed E-state index contributed by atoms with van der Waals surface area (Å²) < 4.78 is 0. The molecule has 88 valence electrons. The quantitative estimate of drug-likeness (QED) is 0.784. The van der Waals surface area contributed by atoms with Crippen LogP contribution in [0.15, 0.2) is 18.3 Å². The first-order valence-corrected chi connectivity index (χ1v) is 5.81. The van der Waals surface area contributed by atoms with E-state index in [0.717, 1.165) is 37.3 Å². The van der Waals surface area contributed by atoms with E-state index in [4.69, 9.17) is 5.73 Å². The number of aliphatic hydroxyl groups excluding tert-OH is 1. The highest BCUT2D eigenvalue weighted by Crippen LogP contribution is 2.19. The van der Waals surface area contributed by atoms with E-state index in [9.17, 15) is 5.11 Å². The molecule has 1 aliphatic rings. The molecule has 0 radical (unpaired) electrons. The van der Waals surface area contributed by atoms with E-state index in [-0.39, 0.29) is 12.1 Å². The van der Waals surface area contributed by atoms with E-state index < -0.39 is 0 Å². The molecule has 2 rings (SSSR count). The molecular formula is C12H19N3O. The number of hydrogen-bond donors (Lipinski definition) is 2. The first kappa shape index (κ1) is 11.4. The zero-order chi connectivity index (χ0) is 11.5. The lowest BCUT2D eigenvalue weighted by Gasteiger charge is -2.30. The summed E-state index contributed by atoms with van der Waals surface area (Å²) >= 11 is 0. The van der Waals surface area contributed by atoms with Crippen molar-refractivity contribution in [2.75, 3.05) is 18.0 Å². The van der Waals surface area contributed by atoms with Crippen LogP contribution < -0.4 is 10.6 Å². The summed E-state index contributed by atoms with van der Waals surface area (Å²) in [5.41, 5.74) is 6.83. The molecule has 1 saturated heterocycles. The monoisotopic (exact) mass is 221 g/mol. The Morgan fingerprint density at radius 3 is 2.62 bits per heavy atom. The second kappa shape index (κ2) is 4.80. The van der Waals surface area contributed by atoms with Gasteiger partial charge in [0.1, 0.15) is 5.82 Å². The maximum Gasteiger partial charge on any atom is 0.128 e. The number of aliphatic hydroxyl groups is 1. The Balaban J connectivity index is 2.04. The highest BCUT2D eigenvalue weighted by atomic mass is 16.3. The van der Waals surface area contributed by atoms with Gasteiger partial charge in [-0.25, -0.2) is 4.98 Å². The summed E-state index contributed by atoms with van der Waals surface area (Å²) in [6.45, 7) is 3.71. The van der Waals surface area contributed by atoms with E-state index >= 15 is 0 Å². The highest BCUT2D eigenvalue weighted by molar-refractivity contribution is 5.40. The van der Waals surface area contributed by atoms with E-state index in [2.05, 4.69) is 9.88 Å². The number of nitrogens with zero attached hydrogens (tertiary/aromatic N) is 2. The summed E-state index contributed by atoms with van der Waals surface area (Å²) in [5, 5.41) is 9.43. The van der Waals surface area contributed by atoms with Crippen LogP contribution in [-0.4, -0.2) is 29.3 Å². The summed E-state index contributed by atoms with van der Waals surface area (Å²) in [7, 11) is 0. The summed E-state index contributed by atoms with van der Waals surface area (Å²) in [5.74, 6) is 0.983. The Labute approximate surface area is 96.1 Å². The molecule has 0 unspecified atom stereocenters. The molecule has 0 aliphatic carbocycles. The smallest absolute Gasteiger partial charge is 0.128 e. The van der Waals surface area contributed by atoms with Crippen LogP contribution in [0.2, 0.25) is 0 Å². The van der Waals surface area contributed by atoms with Crippen molar-refractivity contribution in [1.29, 1.82) is 0 Å². The zero-order valence-electron chi connectivity index (χ0n) is 9.63. The molecule has 0 bridgehead atoms. The number of nitrogens with two attached hydrogens (primary N) is 1. The Kier molecular flexibility index (Phi) is 3.41. The van der Waals surface area contributed by atoms with Gasteiger partial charge in [-0.1, -0.05) is 6.07 Å². The van der Waals surface area contributed by atoms with Gasteiger partial charge in [0.2, 0.25) is 0 Å². The van der Waals surface area contributed by atoms with Crippen LogP contribution in [-0.2, 0) is 0 Å². The zero-order valence-corrected chi connectivity index (χ0v) is 9.63. The fourth-order valence-corrected chi connectivity index (χ4v) is 1.95. The maximum absolute atomic E-state index is 9.43. The molecule has 1 aromatic heterocycles. The number of rotatable bonds is 2. The Hall–Kier alpha value is -1.13. The fourth-order valence-electron chi connectivity index (χ4n) is 1.95. The van der Waals surface area contributed by atoms with E-state index in [0.29, 0.717) is 0 Å². The van der Waals surface area contributed by atoms with Gasteiger partial charge in [-0.2, -0.15) is 0 Å². The molecule has 0 spiro atoms. The molecule has 0 aromatic carbocycles. The van der Waals surface area contributed by atoms with E-state index in [1.165, 1.54) is 0 Å². The van der Waals surface area contributed by atoms with Crippen molar-refractivity contribution in [1.82, 2.24) is 4.98 Å². The number of hydrogen-bond acceptors (Lipinski definition) is 4. The maximum atomic E-state index is 9.43.